The summed E-state index contributed by atoms with van der Waals surface area (Å²) in [7, 11) is 3.79. The topological polar surface area (TPSA) is 57.7 Å². The number of likely N-dealkylation sites (N-methyl/N-ethyl adjacent to an activating group) is 1. The highest BCUT2D eigenvalue weighted by atomic mass is 32.1. The van der Waals surface area contributed by atoms with Crippen LogP contribution in [0.15, 0.2) is 5.38 Å². The summed E-state index contributed by atoms with van der Waals surface area (Å²) in [6.07, 6.45) is 0. The molecule has 120 valence electrons. The van der Waals surface area contributed by atoms with Gasteiger partial charge in [0.25, 0.3) is 0 Å². The maximum absolute atomic E-state index is 11.5. The molecule has 1 N–H and O–H groups in total. The molecule has 0 aliphatic rings. The van der Waals surface area contributed by atoms with Crippen molar-refractivity contribution in [3.8, 4) is 0 Å². The molecule has 1 aromatic rings. The Morgan fingerprint density at radius 3 is 2.86 bits per heavy atom. The molecule has 21 heavy (non-hydrogen) atoms. The fourth-order valence-corrected chi connectivity index (χ4v) is 2.77. The highest BCUT2D eigenvalue weighted by molar-refractivity contribution is 7.14. The number of nitrogens with one attached hydrogen (secondary N) is 1. The largest absolute Gasteiger partial charge is 0.383 e. The summed E-state index contributed by atoms with van der Waals surface area (Å²) in [5.74, 6) is 0.0335. The molecule has 6 nitrogen and oxygen atoms in total. The van der Waals surface area contributed by atoms with Gasteiger partial charge in [0.15, 0.2) is 5.13 Å². The summed E-state index contributed by atoms with van der Waals surface area (Å²) in [5.41, 5.74) is 0.981. The first-order valence-electron chi connectivity index (χ1n) is 7.19. The van der Waals surface area contributed by atoms with Crippen LogP contribution in [0, 0.1) is 0 Å². The lowest BCUT2D eigenvalue weighted by Gasteiger charge is -2.16. The normalized spacial score (nSPS) is 11.1. The first-order valence-corrected chi connectivity index (χ1v) is 8.07. The lowest BCUT2D eigenvalue weighted by atomic mass is 10.4. The molecule has 0 radical (unpaired) electrons. The highest BCUT2D eigenvalue weighted by Crippen LogP contribution is 2.20. The van der Waals surface area contributed by atoms with Crippen LogP contribution in [0.2, 0.25) is 0 Å². The summed E-state index contributed by atoms with van der Waals surface area (Å²) in [4.78, 5) is 19.9. The van der Waals surface area contributed by atoms with Crippen molar-refractivity contribution < 1.29 is 9.53 Å². The molecule has 1 heterocycles. The molecule has 0 aliphatic heterocycles. The predicted octanol–water partition coefficient (Wildman–Crippen LogP) is 1.18. The Bertz CT molecular complexity index is 425. The van der Waals surface area contributed by atoms with E-state index in [0.29, 0.717) is 6.54 Å². The van der Waals surface area contributed by atoms with Gasteiger partial charge < -0.3 is 15.0 Å². The van der Waals surface area contributed by atoms with Crippen molar-refractivity contribution in [3.63, 3.8) is 0 Å². The van der Waals surface area contributed by atoms with Crippen molar-refractivity contribution in [1.82, 2.24) is 15.2 Å². The number of rotatable bonds is 10. The minimum atomic E-state index is 0.0335. The number of hydrogen-bond acceptors (Lipinski definition) is 6. The lowest BCUT2D eigenvalue weighted by molar-refractivity contribution is -0.116. The van der Waals surface area contributed by atoms with Crippen LogP contribution in [0.1, 0.15) is 19.5 Å². The van der Waals surface area contributed by atoms with Gasteiger partial charge in [-0.3, -0.25) is 9.69 Å². The molecule has 0 saturated heterocycles. The number of hydrogen-bond donors (Lipinski definition) is 1. The average Bonchev–Trinajstić information content (AvgIpc) is 2.90. The van der Waals surface area contributed by atoms with E-state index in [1.54, 1.807) is 18.9 Å². The number of amides is 1. The number of ether oxygens (including phenoxy) is 1. The molecule has 1 amide bonds. The zero-order valence-electron chi connectivity index (χ0n) is 13.4. The summed E-state index contributed by atoms with van der Waals surface area (Å²) in [5, 5.41) is 6.15. The van der Waals surface area contributed by atoms with Crippen molar-refractivity contribution in [2.24, 2.45) is 0 Å². The molecule has 0 unspecified atom stereocenters. The van der Waals surface area contributed by atoms with E-state index >= 15 is 0 Å². The SMILES string of the molecule is CCN(C(C)=O)c1nc(CNCCN(C)CCOC)cs1. The molecule has 1 aromatic heterocycles. The lowest BCUT2D eigenvalue weighted by Crippen LogP contribution is -2.31. The molecule has 0 aromatic carbocycles. The molecule has 0 spiro atoms. The minimum Gasteiger partial charge on any atom is -0.383 e. The van der Waals surface area contributed by atoms with E-state index in [1.807, 2.05) is 12.3 Å². The standard InChI is InChI=1S/C14H26N4O2S/c1-5-18(12(2)19)14-16-13(11-21-14)10-15-6-7-17(3)8-9-20-4/h11,15H,5-10H2,1-4H3. The van der Waals surface area contributed by atoms with Crippen LogP contribution in [-0.4, -0.2) is 62.7 Å². The maximum atomic E-state index is 11.5. The van der Waals surface area contributed by atoms with Crippen LogP contribution in [-0.2, 0) is 16.1 Å². The van der Waals surface area contributed by atoms with Gasteiger partial charge in [-0.05, 0) is 14.0 Å². The highest BCUT2D eigenvalue weighted by Gasteiger charge is 2.13. The number of methoxy groups -OCH3 is 1. The third kappa shape index (κ3) is 6.52. The van der Waals surface area contributed by atoms with Gasteiger partial charge in [-0.1, -0.05) is 0 Å². The molecule has 0 fully saturated rings. The molecule has 0 saturated carbocycles. The number of carbonyl (C=O) groups is 1. The number of carbonyl (C=O) groups excluding carboxylic acids is 1. The van der Waals surface area contributed by atoms with Gasteiger partial charge in [0.05, 0.1) is 12.3 Å². The van der Waals surface area contributed by atoms with Crippen molar-refractivity contribution in [2.45, 2.75) is 20.4 Å². The van der Waals surface area contributed by atoms with Crippen molar-refractivity contribution in [1.29, 1.82) is 0 Å². The van der Waals surface area contributed by atoms with E-state index in [9.17, 15) is 4.79 Å². The predicted molar refractivity (Wildman–Crippen MR) is 86.9 cm³/mol. The van der Waals surface area contributed by atoms with Crippen LogP contribution in [0.25, 0.3) is 0 Å². The molecule has 0 aliphatic carbocycles. The van der Waals surface area contributed by atoms with Crippen LogP contribution in [0.5, 0.6) is 0 Å². The molecule has 1 rings (SSSR count). The second-order valence-electron chi connectivity index (χ2n) is 4.86. The van der Waals surface area contributed by atoms with Crippen LogP contribution in [0.3, 0.4) is 0 Å². The van der Waals surface area contributed by atoms with Crippen LogP contribution in [0.4, 0.5) is 5.13 Å². The van der Waals surface area contributed by atoms with Gasteiger partial charge in [0, 0.05) is 52.1 Å². The smallest absolute Gasteiger partial charge is 0.225 e. The Kier molecular flexibility index (Phi) is 8.44. The Hall–Kier alpha value is -1.02. The third-order valence-electron chi connectivity index (χ3n) is 3.12. The molecular weight excluding hydrogens is 288 g/mol. The summed E-state index contributed by atoms with van der Waals surface area (Å²) in [6, 6.07) is 0. The van der Waals surface area contributed by atoms with E-state index in [0.717, 1.165) is 43.6 Å². The second kappa shape index (κ2) is 9.83. The van der Waals surface area contributed by atoms with Gasteiger partial charge in [-0.2, -0.15) is 0 Å². The van der Waals surface area contributed by atoms with Crippen LogP contribution >= 0.6 is 11.3 Å². The quantitative estimate of drug-likeness (QED) is 0.657. The van der Waals surface area contributed by atoms with Gasteiger partial charge in [0.1, 0.15) is 0 Å². The first kappa shape index (κ1) is 18.0. The van der Waals surface area contributed by atoms with Gasteiger partial charge in [-0.25, -0.2) is 4.98 Å². The third-order valence-corrected chi connectivity index (χ3v) is 4.03. The Balaban J connectivity index is 2.30. The molecule has 7 heteroatoms. The number of thiazole rings is 1. The number of anilines is 1. The molecule has 0 atom stereocenters. The number of aromatic nitrogens is 1. The fraction of sp³-hybridized carbons (Fsp3) is 0.714. The van der Waals surface area contributed by atoms with Gasteiger partial charge in [-0.15, -0.1) is 11.3 Å². The van der Waals surface area contributed by atoms with Gasteiger partial charge >= 0.3 is 0 Å². The number of nitrogens with zero attached hydrogens (tertiary/aromatic N) is 3. The summed E-state index contributed by atoms with van der Waals surface area (Å²) < 4.78 is 5.04. The fourth-order valence-electron chi connectivity index (χ4n) is 1.84. The maximum Gasteiger partial charge on any atom is 0.225 e. The molecular formula is C14H26N4O2S. The monoisotopic (exact) mass is 314 g/mol. The zero-order valence-corrected chi connectivity index (χ0v) is 14.2. The second-order valence-corrected chi connectivity index (χ2v) is 5.69. The van der Waals surface area contributed by atoms with E-state index in [1.165, 1.54) is 11.3 Å². The average molecular weight is 314 g/mol. The van der Waals surface area contributed by atoms with E-state index in [-0.39, 0.29) is 5.91 Å². The van der Waals surface area contributed by atoms with E-state index in [4.69, 9.17) is 4.74 Å². The van der Waals surface area contributed by atoms with Crippen molar-refractivity contribution in [3.05, 3.63) is 11.1 Å². The Labute approximate surface area is 131 Å². The van der Waals surface area contributed by atoms with Crippen LogP contribution < -0.4 is 10.2 Å². The summed E-state index contributed by atoms with van der Waals surface area (Å²) in [6.45, 7) is 8.46. The Morgan fingerprint density at radius 1 is 1.48 bits per heavy atom. The van der Waals surface area contributed by atoms with Crippen molar-refractivity contribution >= 4 is 22.4 Å². The Morgan fingerprint density at radius 2 is 2.24 bits per heavy atom. The molecule has 0 bridgehead atoms. The van der Waals surface area contributed by atoms with E-state index in [2.05, 4.69) is 22.2 Å². The minimum absolute atomic E-state index is 0.0335. The summed E-state index contributed by atoms with van der Waals surface area (Å²) >= 11 is 1.51. The van der Waals surface area contributed by atoms with Gasteiger partial charge in [0.2, 0.25) is 5.91 Å². The zero-order chi connectivity index (χ0) is 15.7. The van der Waals surface area contributed by atoms with E-state index < -0.39 is 0 Å². The van der Waals surface area contributed by atoms with Crippen molar-refractivity contribution in [2.75, 3.05) is 51.8 Å². The first-order chi connectivity index (χ1) is 10.1.